The number of anilines is 1. The second-order valence-corrected chi connectivity index (χ2v) is 6.35. The van der Waals surface area contributed by atoms with Gasteiger partial charge in [0.1, 0.15) is 5.56 Å². The first kappa shape index (κ1) is 15.3. The van der Waals surface area contributed by atoms with E-state index in [-0.39, 0.29) is 22.5 Å². The quantitative estimate of drug-likeness (QED) is 0.916. The average molecular weight is 316 g/mol. The van der Waals surface area contributed by atoms with E-state index in [0.29, 0.717) is 0 Å². The number of fused-ring (bicyclic) bond motifs is 1. The molecule has 0 bridgehead atoms. The lowest BCUT2D eigenvalue weighted by molar-refractivity contribution is 0.102. The fourth-order valence-electron chi connectivity index (χ4n) is 2.94. The summed E-state index contributed by atoms with van der Waals surface area (Å²) in [5, 5.41) is 2.43. The second-order valence-electron chi connectivity index (χ2n) is 6.35. The van der Waals surface area contributed by atoms with Crippen molar-refractivity contribution in [2.24, 2.45) is 7.05 Å². The lowest BCUT2D eigenvalue weighted by atomic mass is 9.86. The third-order valence-corrected chi connectivity index (χ3v) is 4.35. The SMILES string of the molecule is Cn1c2c(cc(C(=O)Nc3ncc(F)cn3)c1=O)C(C)(C)CC2. The molecule has 2 aromatic rings. The Labute approximate surface area is 132 Å². The topological polar surface area (TPSA) is 76.9 Å². The van der Waals surface area contributed by atoms with Gasteiger partial charge in [-0.15, -0.1) is 0 Å². The molecule has 0 unspecified atom stereocenters. The minimum Gasteiger partial charge on any atom is -0.315 e. The molecular formula is C16H17FN4O2. The highest BCUT2D eigenvalue weighted by Gasteiger charge is 2.33. The molecule has 1 aliphatic rings. The molecule has 0 aliphatic heterocycles. The van der Waals surface area contributed by atoms with Crippen molar-refractivity contribution in [3.63, 3.8) is 0 Å². The Kier molecular flexibility index (Phi) is 3.50. The van der Waals surface area contributed by atoms with Crippen LogP contribution in [0.4, 0.5) is 10.3 Å². The summed E-state index contributed by atoms with van der Waals surface area (Å²) in [4.78, 5) is 32.2. The predicted octanol–water partition coefficient (Wildman–Crippen LogP) is 1.79. The number of carbonyl (C=O) groups excluding carboxylic acids is 1. The lowest BCUT2D eigenvalue weighted by Gasteiger charge is -2.20. The van der Waals surface area contributed by atoms with E-state index in [1.165, 1.54) is 4.57 Å². The maximum absolute atomic E-state index is 12.8. The first-order valence-electron chi connectivity index (χ1n) is 7.32. The van der Waals surface area contributed by atoms with Crippen LogP contribution in [0.5, 0.6) is 0 Å². The third-order valence-electron chi connectivity index (χ3n) is 4.35. The zero-order valence-corrected chi connectivity index (χ0v) is 13.2. The molecule has 0 spiro atoms. The van der Waals surface area contributed by atoms with Gasteiger partial charge in [0.2, 0.25) is 5.95 Å². The fraction of sp³-hybridized carbons (Fsp3) is 0.375. The zero-order valence-electron chi connectivity index (χ0n) is 13.2. The Balaban J connectivity index is 2.00. The van der Waals surface area contributed by atoms with Gasteiger partial charge in [-0.05, 0) is 29.9 Å². The van der Waals surface area contributed by atoms with E-state index in [2.05, 4.69) is 29.1 Å². The smallest absolute Gasteiger partial charge is 0.263 e. The van der Waals surface area contributed by atoms with Crippen molar-refractivity contribution >= 4 is 11.9 Å². The molecule has 7 heteroatoms. The van der Waals surface area contributed by atoms with Crippen LogP contribution in [0.2, 0.25) is 0 Å². The van der Waals surface area contributed by atoms with Crippen LogP contribution in [0.1, 0.15) is 41.9 Å². The maximum atomic E-state index is 12.8. The van der Waals surface area contributed by atoms with Gasteiger partial charge in [-0.25, -0.2) is 14.4 Å². The number of aromatic nitrogens is 3. The Morgan fingerprint density at radius 1 is 1.35 bits per heavy atom. The van der Waals surface area contributed by atoms with Crippen LogP contribution in [-0.2, 0) is 18.9 Å². The Morgan fingerprint density at radius 3 is 2.65 bits per heavy atom. The Hall–Kier alpha value is -2.57. The van der Waals surface area contributed by atoms with E-state index < -0.39 is 11.7 Å². The number of nitrogens with one attached hydrogen (secondary N) is 1. The summed E-state index contributed by atoms with van der Waals surface area (Å²) in [6, 6.07) is 1.66. The number of amides is 1. The highest BCUT2D eigenvalue weighted by molar-refractivity contribution is 6.03. The van der Waals surface area contributed by atoms with Crippen LogP contribution in [0.25, 0.3) is 0 Å². The molecule has 2 aromatic heterocycles. The van der Waals surface area contributed by atoms with Crippen LogP contribution in [0.15, 0.2) is 23.3 Å². The van der Waals surface area contributed by atoms with Crippen LogP contribution >= 0.6 is 0 Å². The number of nitrogens with zero attached hydrogens (tertiary/aromatic N) is 3. The minimum atomic E-state index is -0.599. The molecule has 0 fully saturated rings. The Bertz CT molecular complexity index is 840. The average Bonchev–Trinajstić information content (AvgIpc) is 2.80. The second kappa shape index (κ2) is 5.26. The van der Waals surface area contributed by atoms with Gasteiger partial charge < -0.3 is 4.57 Å². The van der Waals surface area contributed by atoms with Crippen molar-refractivity contribution in [3.05, 3.63) is 51.5 Å². The first-order chi connectivity index (χ1) is 10.8. The van der Waals surface area contributed by atoms with Gasteiger partial charge in [0.05, 0.1) is 12.4 Å². The molecule has 2 heterocycles. The van der Waals surface area contributed by atoms with Crippen LogP contribution < -0.4 is 10.9 Å². The molecule has 0 radical (unpaired) electrons. The van der Waals surface area contributed by atoms with E-state index in [0.717, 1.165) is 36.5 Å². The molecule has 1 N–H and O–H groups in total. The molecule has 0 saturated carbocycles. The molecule has 0 aromatic carbocycles. The van der Waals surface area contributed by atoms with Gasteiger partial charge in [-0.2, -0.15) is 0 Å². The number of halogens is 1. The normalized spacial score (nSPS) is 15.3. The number of carbonyl (C=O) groups is 1. The van der Waals surface area contributed by atoms with Crippen molar-refractivity contribution in [1.82, 2.24) is 14.5 Å². The van der Waals surface area contributed by atoms with E-state index >= 15 is 0 Å². The summed E-state index contributed by atoms with van der Waals surface area (Å²) in [5.41, 5.74) is 1.57. The summed E-state index contributed by atoms with van der Waals surface area (Å²) in [6.07, 6.45) is 3.65. The van der Waals surface area contributed by atoms with Gasteiger partial charge in [-0.1, -0.05) is 13.8 Å². The fourth-order valence-corrected chi connectivity index (χ4v) is 2.94. The van der Waals surface area contributed by atoms with Gasteiger partial charge in [0.15, 0.2) is 5.82 Å². The van der Waals surface area contributed by atoms with E-state index in [9.17, 15) is 14.0 Å². The maximum Gasteiger partial charge on any atom is 0.263 e. The summed E-state index contributed by atoms with van der Waals surface area (Å²) in [5.74, 6) is -1.24. The number of rotatable bonds is 2. The van der Waals surface area contributed by atoms with Crippen molar-refractivity contribution in [2.45, 2.75) is 32.1 Å². The van der Waals surface area contributed by atoms with Crippen molar-refractivity contribution in [1.29, 1.82) is 0 Å². The minimum absolute atomic E-state index is 0.0362. The predicted molar refractivity (Wildman–Crippen MR) is 83.0 cm³/mol. The summed E-state index contributed by atoms with van der Waals surface area (Å²) < 4.78 is 14.3. The molecule has 0 saturated heterocycles. The molecule has 1 aliphatic carbocycles. The van der Waals surface area contributed by atoms with E-state index in [1.54, 1.807) is 13.1 Å². The standard InChI is InChI=1S/C16H17FN4O2/c1-16(2)5-4-12-11(16)6-10(14(23)21(12)3)13(22)20-15-18-7-9(17)8-19-15/h6-8H,4-5H2,1-3H3,(H,18,19,20,22). The molecule has 0 atom stereocenters. The van der Waals surface area contributed by atoms with Crippen LogP contribution in [0, 0.1) is 5.82 Å². The van der Waals surface area contributed by atoms with Gasteiger partial charge in [0, 0.05) is 12.7 Å². The van der Waals surface area contributed by atoms with E-state index in [1.807, 2.05) is 0 Å². The molecule has 6 nitrogen and oxygen atoms in total. The highest BCUT2D eigenvalue weighted by Crippen LogP contribution is 2.37. The molecule has 120 valence electrons. The number of hydrogen-bond acceptors (Lipinski definition) is 4. The largest absolute Gasteiger partial charge is 0.315 e. The third kappa shape index (κ3) is 2.62. The summed E-state index contributed by atoms with van der Waals surface area (Å²) in [6.45, 7) is 4.18. The molecular weight excluding hydrogens is 299 g/mol. The van der Waals surface area contributed by atoms with Crippen molar-refractivity contribution in [2.75, 3.05) is 5.32 Å². The van der Waals surface area contributed by atoms with Gasteiger partial charge in [0.25, 0.3) is 11.5 Å². The lowest BCUT2D eigenvalue weighted by Crippen LogP contribution is -2.31. The monoisotopic (exact) mass is 316 g/mol. The molecule has 3 rings (SSSR count). The summed E-state index contributed by atoms with van der Waals surface area (Å²) >= 11 is 0. The number of hydrogen-bond donors (Lipinski definition) is 1. The van der Waals surface area contributed by atoms with Crippen molar-refractivity contribution in [3.8, 4) is 0 Å². The molecule has 23 heavy (non-hydrogen) atoms. The highest BCUT2D eigenvalue weighted by atomic mass is 19.1. The van der Waals surface area contributed by atoms with Crippen LogP contribution in [0.3, 0.4) is 0 Å². The van der Waals surface area contributed by atoms with Crippen LogP contribution in [-0.4, -0.2) is 20.4 Å². The van der Waals surface area contributed by atoms with Crippen molar-refractivity contribution < 1.29 is 9.18 Å². The Morgan fingerprint density at radius 2 is 2.00 bits per heavy atom. The molecule has 1 amide bonds. The zero-order chi connectivity index (χ0) is 16.8. The van der Waals surface area contributed by atoms with Gasteiger partial charge in [-0.3, -0.25) is 14.9 Å². The first-order valence-corrected chi connectivity index (χ1v) is 7.32. The van der Waals surface area contributed by atoms with E-state index in [4.69, 9.17) is 0 Å². The summed E-state index contributed by atoms with van der Waals surface area (Å²) in [7, 11) is 1.67. The van der Waals surface area contributed by atoms with Gasteiger partial charge >= 0.3 is 0 Å². The number of pyridine rings is 1.